The largest absolute Gasteiger partial charge is 0.465 e. The van der Waals surface area contributed by atoms with Crippen molar-refractivity contribution in [3.05, 3.63) is 46.3 Å². The van der Waals surface area contributed by atoms with Crippen molar-refractivity contribution in [3.63, 3.8) is 0 Å². The first-order valence-corrected chi connectivity index (χ1v) is 9.55. The third-order valence-electron chi connectivity index (χ3n) is 3.97. The number of carbonyl (C=O) groups excluding carboxylic acids is 2. The molecule has 0 radical (unpaired) electrons. The van der Waals surface area contributed by atoms with E-state index in [1.165, 1.54) is 35.1 Å². The van der Waals surface area contributed by atoms with Crippen LogP contribution in [0.5, 0.6) is 0 Å². The van der Waals surface area contributed by atoms with Crippen molar-refractivity contribution in [2.75, 3.05) is 12.4 Å². The molecular formula is C18H19NO3S2. The van der Waals surface area contributed by atoms with E-state index in [2.05, 4.69) is 5.32 Å². The van der Waals surface area contributed by atoms with Gasteiger partial charge in [-0.25, -0.2) is 4.79 Å². The maximum atomic E-state index is 12.5. The van der Waals surface area contributed by atoms with Crippen LogP contribution in [0, 0.1) is 0 Å². The Kier molecular flexibility index (Phi) is 5.26. The number of thioether (sulfide) groups is 1. The third kappa shape index (κ3) is 3.49. The first-order chi connectivity index (χ1) is 11.6. The molecule has 0 saturated heterocycles. The second-order valence-electron chi connectivity index (χ2n) is 5.62. The van der Waals surface area contributed by atoms with Crippen LogP contribution in [0.3, 0.4) is 0 Å². The van der Waals surface area contributed by atoms with Gasteiger partial charge in [-0.2, -0.15) is 0 Å². The second kappa shape index (κ2) is 7.40. The van der Waals surface area contributed by atoms with E-state index in [1.807, 2.05) is 37.3 Å². The van der Waals surface area contributed by atoms with Crippen molar-refractivity contribution < 1.29 is 14.3 Å². The summed E-state index contributed by atoms with van der Waals surface area (Å²) >= 11 is 3.00. The van der Waals surface area contributed by atoms with Gasteiger partial charge in [0.05, 0.1) is 17.9 Å². The van der Waals surface area contributed by atoms with E-state index in [9.17, 15) is 9.59 Å². The molecule has 0 unspecified atom stereocenters. The first-order valence-electron chi connectivity index (χ1n) is 7.85. The number of rotatable bonds is 5. The van der Waals surface area contributed by atoms with Gasteiger partial charge in [0.25, 0.3) is 0 Å². The fourth-order valence-electron chi connectivity index (χ4n) is 2.78. The van der Waals surface area contributed by atoms with Crippen molar-refractivity contribution in [2.24, 2.45) is 0 Å². The molecule has 1 aromatic heterocycles. The minimum Gasteiger partial charge on any atom is -0.465 e. The van der Waals surface area contributed by atoms with E-state index in [1.54, 1.807) is 0 Å². The van der Waals surface area contributed by atoms with Crippen LogP contribution in [0.1, 0.15) is 34.1 Å². The lowest BCUT2D eigenvalue weighted by Crippen LogP contribution is -2.23. The smallest absolute Gasteiger partial charge is 0.341 e. The maximum Gasteiger partial charge on any atom is 0.341 e. The van der Waals surface area contributed by atoms with Gasteiger partial charge >= 0.3 is 5.97 Å². The molecule has 1 aliphatic carbocycles. The van der Waals surface area contributed by atoms with Gasteiger partial charge < -0.3 is 10.1 Å². The van der Waals surface area contributed by atoms with Crippen molar-refractivity contribution in [2.45, 2.75) is 36.3 Å². The van der Waals surface area contributed by atoms with Gasteiger partial charge in [-0.3, -0.25) is 4.79 Å². The number of esters is 1. The van der Waals surface area contributed by atoms with Gasteiger partial charge in [0.2, 0.25) is 5.91 Å². The molecule has 1 N–H and O–H groups in total. The molecule has 24 heavy (non-hydrogen) atoms. The summed E-state index contributed by atoms with van der Waals surface area (Å²) in [6, 6.07) is 9.81. The minimum atomic E-state index is -0.368. The summed E-state index contributed by atoms with van der Waals surface area (Å²) in [5.74, 6) is -0.470. The van der Waals surface area contributed by atoms with Gasteiger partial charge in [-0.1, -0.05) is 18.2 Å². The quantitative estimate of drug-likeness (QED) is 0.642. The highest BCUT2D eigenvalue weighted by atomic mass is 32.2. The third-order valence-corrected chi connectivity index (χ3v) is 6.29. The average molecular weight is 361 g/mol. The summed E-state index contributed by atoms with van der Waals surface area (Å²) in [6.45, 7) is 1.87. The highest BCUT2D eigenvalue weighted by molar-refractivity contribution is 8.00. The number of amides is 1. The number of fused-ring (bicyclic) bond motifs is 1. The number of anilines is 1. The number of aryl methyl sites for hydroxylation is 1. The number of ether oxygens (including phenoxy) is 1. The summed E-state index contributed by atoms with van der Waals surface area (Å²) in [6.07, 6.45) is 2.90. The normalized spacial score (nSPS) is 14.1. The Balaban J connectivity index is 1.76. The zero-order chi connectivity index (χ0) is 17.1. The van der Waals surface area contributed by atoms with Crippen molar-refractivity contribution in [1.29, 1.82) is 0 Å². The van der Waals surface area contributed by atoms with Crippen LogP contribution in [0.4, 0.5) is 5.00 Å². The highest BCUT2D eigenvalue weighted by Gasteiger charge is 2.28. The topological polar surface area (TPSA) is 55.4 Å². The van der Waals surface area contributed by atoms with Crippen LogP contribution in [-0.4, -0.2) is 24.2 Å². The number of nitrogens with one attached hydrogen (secondary N) is 1. The van der Waals surface area contributed by atoms with Gasteiger partial charge in [0.15, 0.2) is 0 Å². The number of benzene rings is 1. The van der Waals surface area contributed by atoms with Crippen LogP contribution in [-0.2, 0) is 22.4 Å². The van der Waals surface area contributed by atoms with Gasteiger partial charge in [-0.05, 0) is 43.9 Å². The van der Waals surface area contributed by atoms with E-state index < -0.39 is 0 Å². The van der Waals surface area contributed by atoms with Gasteiger partial charge in [0.1, 0.15) is 5.00 Å². The Morgan fingerprint density at radius 1 is 1.25 bits per heavy atom. The molecule has 2 aromatic rings. The molecule has 126 valence electrons. The fraction of sp³-hybridized carbons (Fsp3) is 0.333. The standard InChI is InChI=1S/C18H19NO3S2/c1-11(23-12-7-4-3-5-8-12)16(20)19-17-15(18(21)22-2)13-9-6-10-14(13)24-17/h3-5,7-8,11H,6,9-10H2,1-2H3,(H,19,20)/t11-/m0/s1. The van der Waals surface area contributed by atoms with Crippen LogP contribution < -0.4 is 5.32 Å². The zero-order valence-corrected chi connectivity index (χ0v) is 15.3. The average Bonchev–Trinajstić information content (AvgIpc) is 3.15. The Labute approximate surface area is 149 Å². The summed E-state index contributed by atoms with van der Waals surface area (Å²) in [5, 5.41) is 3.30. The van der Waals surface area contributed by atoms with Crippen LogP contribution in [0.15, 0.2) is 35.2 Å². The van der Waals surface area contributed by atoms with Crippen molar-refractivity contribution >= 4 is 40.0 Å². The predicted octanol–water partition coefficient (Wildman–Crippen LogP) is 4.14. The van der Waals surface area contributed by atoms with E-state index in [0.717, 1.165) is 29.7 Å². The Morgan fingerprint density at radius 3 is 2.71 bits per heavy atom. The number of methoxy groups -OCH3 is 1. The molecule has 3 rings (SSSR count). The van der Waals surface area contributed by atoms with E-state index in [0.29, 0.717) is 10.6 Å². The number of thiophene rings is 1. The lowest BCUT2D eigenvalue weighted by molar-refractivity contribution is -0.115. The molecule has 1 aromatic carbocycles. The van der Waals surface area contributed by atoms with E-state index in [-0.39, 0.29) is 17.1 Å². The van der Waals surface area contributed by atoms with Crippen LogP contribution >= 0.6 is 23.1 Å². The molecule has 6 heteroatoms. The molecule has 0 bridgehead atoms. The molecule has 0 aliphatic heterocycles. The minimum absolute atomic E-state index is 0.103. The Hall–Kier alpha value is -1.79. The number of carbonyl (C=O) groups is 2. The van der Waals surface area contributed by atoms with E-state index >= 15 is 0 Å². The van der Waals surface area contributed by atoms with Crippen LogP contribution in [0.2, 0.25) is 0 Å². The van der Waals surface area contributed by atoms with Crippen molar-refractivity contribution in [3.8, 4) is 0 Å². The zero-order valence-electron chi connectivity index (χ0n) is 13.6. The number of hydrogen-bond donors (Lipinski definition) is 1. The van der Waals surface area contributed by atoms with Gasteiger partial charge in [0, 0.05) is 9.77 Å². The summed E-state index contributed by atoms with van der Waals surface area (Å²) < 4.78 is 4.91. The first kappa shape index (κ1) is 17.0. The molecule has 0 saturated carbocycles. The number of hydrogen-bond acceptors (Lipinski definition) is 5. The lowest BCUT2D eigenvalue weighted by Gasteiger charge is -2.12. The SMILES string of the molecule is COC(=O)c1c(NC(=O)[C@H](C)Sc2ccccc2)sc2c1CCC2. The van der Waals surface area contributed by atoms with Crippen LogP contribution in [0.25, 0.3) is 0 Å². The molecule has 1 amide bonds. The summed E-state index contributed by atoms with van der Waals surface area (Å²) in [4.78, 5) is 26.9. The molecule has 0 spiro atoms. The van der Waals surface area contributed by atoms with Gasteiger partial charge in [-0.15, -0.1) is 23.1 Å². The highest BCUT2D eigenvalue weighted by Crippen LogP contribution is 2.39. The summed E-state index contributed by atoms with van der Waals surface area (Å²) in [7, 11) is 1.38. The predicted molar refractivity (Wildman–Crippen MR) is 98.1 cm³/mol. The van der Waals surface area contributed by atoms with E-state index in [4.69, 9.17) is 4.74 Å². The molecule has 1 aliphatic rings. The molecule has 1 heterocycles. The summed E-state index contributed by atoms with van der Waals surface area (Å²) in [5.41, 5.74) is 1.59. The second-order valence-corrected chi connectivity index (χ2v) is 8.13. The fourth-order valence-corrected chi connectivity index (χ4v) is 4.95. The molecule has 4 nitrogen and oxygen atoms in total. The Morgan fingerprint density at radius 2 is 2.00 bits per heavy atom. The lowest BCUT2D eigenvalue weighted by atomic mass is 10.1. The van der Waals surface area contributed by atoms with Crippen molar-refractivity contribution in [1.82, 2.24) is 0 Å². The monoisotopic (exact) mass is 361 g/mol. The molecular weight excluding hydrogens is 342 g/mol. The molecule has 0 fully saturated rings. The maximum absolute atomic E-state index is 12.5. The Bertz CT molecular complexity index is 755. The molecule has 1 atom stereocenters.